The zero-order chi connectivity index (χ0) is 12.1. The molecule has 0 fully saturated rings. The maximum absolute atomic E-state index is 8.82. The highest BCUT2D eigenvalue weighted by Gasteiger charge is 2.03. The Morgan fingerprint density at radius 2 is 1.76 bits per heavy atom. The minimum absolute atomic E-state index is 0.0784. The van der Waals surface area contributed by atoms with Crippen LogP contribution in [0.4, 0.5) is 0 Å². The summed E-state index contributed by atoms with van der Waals surface area (Å²) in [5.74, 6) is 0. The summed E-state index contributed by atoms with van der Waals surface area (Å²) in [6, 6.07) is 16.6. The Kier molecular flexibility index (Phi) is 3.73. The van der Waals surface area contributed by atoms with Crippen LogP contribution in [0.5, 0.6) is 0 Å². The molecular weight excluding hydrogens is 208 g/mol. The number of aliphatic hydroxyl groups is 1. The Morgan fingerprint density at radius 1 is 1.00 bits per heavy atom. The molecule has 0 spiro atoms. The quantitative estimate of drug-likeness (QED) is 0.843. The number of rotatable bonds is 3. The Balaban J connectivity index is 2.46. The van der Waals surface area contributed by atoms with Gasteiger partial charge in [0.15, 0.2) is 0 Å². The van der Waals surface area contributed by atoms with E-state index in [1.807, 2.05) is 30.3 Å². The first-order chi connectivity index (χ1) is 8.33. The lowest BCUT2D eigenvalue weighted by Gasteiger charge is -2.08. The highest BCUT2D eigenvalue weighted by molar-refractivity contribution is 5.72. The van der Waals surface area contributed by atoms with Gasteiger partial charge in [0.2, 0.25) is 0 Å². The van der Waals surface area contributed by atoms with Crippen LogP contribution in [0.15, 0.2) is 54.6 Å². The van der Waals surface area contributed by atoms with Gasteiger partial charge in [-0.3, -0.25) is 0 Å². The third-order valence-corrected chi connectivity index (χ3v) is 2.86. The predicted molar refractivity (Wildman–Crippen MR) is 72.7 cm³/mol. The van der Waals surface area contributed by atoms with E-state index in [4.69, 9.17) is 5.11 Å². The first kappa shape index (κ1) is 11.6. The highest BCUT2D eigenvalue weighted by Crippen LogP contribution is 2.25. The summed E-state index contributed by atoms with van der Waals surface area (Å²) in [6.45, 7) is 2.19. The van der Waals surface area contributed by atoms with Crippen molar-refractivity contribution in [2.75, 3.05) is 6.61 Å². The second kappa shape index (κ2) is 5.46. The molecule has 0 saturated heterocycles. The second-order valence-electron chi connectivity index (χ2n) is 3.97. The van der Waals surface area contributed by atoms with Gasteiger partial charge in [-0.15, -0.1) is 0 Å². The average molecular weight is 224 g/mol. The van der Waals surface area contributed by atoms with Crippen molar-refractivity contribution in [1.29, 1.82) is 0 Å². The van der Waals surface area contributed by atoms with Gasteiger partial charge in [0.1, 0.15) is 0 Å². The van der Waals surface area contributed by atoms with Gasteiger partial charge in [-0.25, -0.2) is 0 Å². The SMILES string of the molecule is Cc1c(C=CCO)cccc1-c1ccccc1. The van der Waals surface area contributed by atoms with Crippen molar-refractivity contribution in [3.63, 3.8) is 0 Å². The van der Waals surface area contributed by atoms with Crippen LogP contribution < -0.4 is 0 Å². The molecule has 0 saturated carbocycles. The Labute approximate surface area is 102 Å². The van der Waals surface area contributed by atoms with Crippen molar-refractivity contribution in [3.8, 4) is 11.1 Å². The van der Waals surface area contributed by atoms with E-state index in [1.165, 1.54) is 16.7 Å². The lowest BCUT2D eigenvalue weighted by atomic mass is 9.96. The van der Waals surface area contributed by atoms with Crippen LogP contribution in [0, 0.1) is 6.92 Å². The van der Waals surface area contributed by atoms with Gasteiger partial charge in [0, 0.05) is 0 Å². The molecule has 86 valence electrons. The monoisotopic (exact) mass is 224 g/mol. The van der Waals surface area contributed by atoms with Crippen molar-refractivity contribution in [2.24, 2.45) is 0 Å². The van der Waals surface area contributed by atoms with E-state index in [0.29, 0.717) is 0 Å². The van der Waals surface area contributed by atoms with E-state index in [1.54, 1.807) is 6.08 Å². The Hall–Kier alpha value is -1.86. The van der Waals surface area contributed by atoms with E-state index in [0.717, 1.165) is 5.56 Å². The molecule has 0 radical (unpaired) electrons. The van der Waals surface area contributed by atoms with E-state index in [9.17, 15) is 0 Å². The standard InChI is InChI=1S/C16H16O/c1-13-14(10-6-12-17)9-5-11-16(13)15-7-3-2-4-8-15/h2-11,17H,12H2,1H3. The van der Waals surface area contributed by atoms with Gasteiger partial charge in [-0.2, -0.15) is 0 Å². The van der Waals surface area contributed by atoms with E-state index < -0.39 is 0 Å². The smallest absolute Gasteiger partial charge is 0.0615 e. The Bertz CT molecular complexity index is 512. The van der Waals surface area contributed by atoms with Gasteiger partial charge in [0.05, 0.1) is 6.61 Å². The summed E-state index contributed by atoms with van der Waals surface area (Å²) in [4.78, 5) is 0. The topological polar surface area (TPSA) is 20.2 Å². The molecule has 2 aromatic carbocycles. The van der Waals surface area contributed by atoms with E-state index >= 15 is 0 Å². The molecule has 2 aromatic rings. The molecule has 0 aliphatic carbocycles. The lowest BCUT2D eigenvalue weighted by molar-refractivity contribution is 0.343. The molecule has 0 aliphatic heterocycles. The third kappa shape index (κ3) is 2.63. The average Bonchev–Trinajstić information content (AvgIpc) is 2.39. The fraction of sp³-hybridized carbons (Fsp3) is 0.125. The number of aliphatic hydroxyl groups excluding tert-OH is 1. The molecule has 0 amide bonds. The zero-order valence-electron chi connectivity index (χ0n) is 9.93. The number of hydrogen-bond donors (Lipinski definition) is 1. The van der Waals surface area contributed by atoms with Gasteiger partial charge < -0.3 is 5.11 Å². The van der Waals surface area contributed by atoms with Gasteiger partial charge in [-0.1, -0.05) is 60.7 Å². The highest BCUT2D eigenvalue weighted by atomic mass is 16.2. The van der Waals surface area contributed by atoms with Gasteiger partial charge >= 0.3 is 0 Å². The van der Waals surface area contributed by atoms with Crippen LogP contribution in [0.2, 0.25) is 0 Å². The minimum atomic E-state index is 0.0784. The summed E-state index contributed by atoms with van der Waals surface area (Å²) in [5.41, 5.74) is 4.86. The summed E-state index contributed by atoms with van der Waals surface area (Å²) in [6.07, 6.45) is 3.72. The fourth-order valence-electron chi connectivity index (χ4n) is 1.94. The van der Waals surface area contributed by atoms with Crippen molar-refractivity contribution in [1.82, 2.24) is 0 Å². The summed E-state index contributed by atoms with van der Waals surface area (Å²) in [7, 11) is 0. The normalized spacial score (nSPS) is 10.9. The first-order valence-electron chi connectivity index (χ1n) is 5.75. The van der Waals surface area contributed by atoms with E-state index in [2.05, 4.69) is 31.2 Å². The molecule has 0 atom stereocenters. The number of hydrogen-bond acceptors (Lipinski definition) is 1. The molecule has 1 heteroatoms. The third-order valence-electron chi connectivity index (χ3n) is 2.86. The van der Waals surface area contributed by atoms with Gasteiger partial charge in [0.25, 0.3) is 0 Å². The zero-order valence-corrected chi connectivity index (χ0v) is 9.93. The molecular formula is C16H16O. The van der Waals surface area contributed by atoms with Crippen LogP contribution in [-0.2, 0) is 0 Å². The summed E-state index contributed by atoms with van der Waals surface area (Å²) >= 11 is 0. The Morgan fingerprint density at radius 3 is 2.47 bits per heavy atom. The van der Waals surface area contributed by atoms with Crippen molar-refractivity contribution in [3.05, 3.63) is 65.7 Å². The summed E-state index contributed by atoms with van der Waals surface area (Å²) in [5, 5.41) is 8.82. The second-order valence-corrected chi connectivity index (χ2v) is 3.97. The molecule has 2 rings (SSSR count). The predicted octanol–water partition coefficient (Wildman–Crippen LogP) is 3.67. The molecule has 0 bridgehead atoms. The van der Waals surface area contributed by atoms with Crippen LogP contribution in [0.1, 0.15) is 11.1 Å². The molecule has 1 nitrogen and oxygen atoms in total. The molecule has 0 aliphatic rings. The fourth-order valence-corrected chi connectivity index (χ4v) is 1.94. The molecule has 1 N–H and O–H groups in total. The number of benzene rings is 2. The molecule has 17 heavy (non-hydrogen) atoms. The van der Waals surface area contributed by atoms with Crippen LogP contribution in [0.25, 0.3) is 17.2 Å². The molecule has 0 aromatic heterocycles. The van der Waals surface area contributed by atoms with Crippen LogP contribution in [-0.4, -0.2) is 11.7 Å². The largest absolute Gasteiger partial charge is 0.392 e. The van der Waals surface area contributed by atoms with Crippen molar-refractivity contribution < 1.29 is 5.11 Å². The first-order valence-corrected chi connectivity index (χ1v) is 5.75. The lowest BCUT2D eigenvalue weighted by Crippen LogP contribution is -1.87. The van der Waals surface area contributed by atoms with Crippen LogP contribution in [0.3, 0.4) is 0 Å². The summed E-state index contributed by atoms with van der Waals surface area (Å²) < 4.78 is 0. The van der Waals surface area contributed by atoms with Crippen molar-refractivity contribution >= 4 is 6.08 Å². The maximum Gasteiger partial charge on any atom is 0.0615 e. The van der Waals surface area contributed by atoms with Gasteiger partial charge in [-0.05, 0) is 29.2 Å². The van der Waals surface area contributed by atoms with Crippen molar-refractivity contribution in [2.45, 2.75) is 6.92 Å². The van der Waals surface area contributed by atoms with E-state index in [-0.39, 0.29) is 6.61 Å². The molecule has 0 unspecified atom stereocenters. The van der Waals surface area contributed by atoms with Crippen LogP contribution >= 0.6 is 0 Å². The minimum Gasteiger partial charge on any atom is -0.392 e. The maximum atomic E-state index is 8.82. The molecule has 0 heterocycles.